The van der Waals surface area contributed by atoms with Gasteiger partial charge < -0.3 is 9.80 Å². The first-order valence-electron chi connectivity index (χ1n) is 7.45. The molecule has 1 fully saturated rings. The molecule has 0 spiro atoms. The van der Waals surface area contributed by atoms with Gasteiger partial charge in [0.25, 0.3) is 5.91 Å². The number of hydrogen-bond donors (Lipinski definition) is 0. The third-order valence-electron chi connectivity index (χ3n) is 3.79. The van der Waals surface area contributed by atoms with Crippen molar-refractivity contribution in [2.24, 2.45) is 0 Å². The fourth-order valence-electron chi connectivity index (χ4n) is 2.82. The second kappa shape index (κ2) is 6.54. The Labute approximate surface area is 134 Å². The minimum atomic E-state index is -0.00508. The van der Waals surface area contributed by atoms with E-state index in [-0.39, 0.29) is 11.9 Å². The quantitative estimate of drug-likeness (QED) is 0.870. The number of carbonyl (C=O) groups excluding carboxylic acids is 1. The number of thiophene rings is 1. The molecule has 1 aliphatic heterocycles. The fraction of sp³-hybridized carbons (Fsp3) is 0.438. The zero-order chi connectivity index (χ0) is 15.5. The highest BCUT2D eigenvalue weighted by Gasteiger charge is 2.32. The van der Waals surface area contributed by atoms with Gasteiger partial charge in [-0.2, -0.15) is 11.3 Å². The summed E-state index contributed by atoms with van der Waals surface area (Å²) in [6, 6.07) is 3.81. The van der Waals surface area contributed by atoms with E-state index in [0.29, 0.717) is 0 Å². The number of likely N-dealkylation sites (tertiary alicyclic amines) is 1. The molecule has 22 heavy (non-hydrogen) atoms. The molecule has 0 aliphatic carbocycles. The molecule has 1 amide bonds. The van der Waals surface area contributed by atoms with Gasteiger partial charge in [-0.3, -0.25) is 4.79 Å². The summed E-state index contributed by atoms with van der Waals surface area (Å²) in [4.78, 5) is 25.7. The Kier molecular flexibility index (Phi) is 4.49. The van der Waals surface area contributed by atoms with E-state index in [0.717, 1.165) is 43.0 Å². The number of nitrogens with zero attached hydrogens (tertiary/aromatic N) is 4. The first-order chi connectivity index (χ1) is 10.6. The Morgan fingerprint density at radius 2 is 2.32 bits per heavy atom. The number of amides is 1. The average Bonchev–Trinajstić information content (AvgIpc) is 3.18. The highest BCUT2D eigenvalue weighted by atomic mass is 32.1. The van der Waals surface area contributed by atoms with Gasteiger partial charge >= 0.3 is 0 Å². The largest absolute Gasteiger partial charge is 0.328 e. The molecule has 0 aromatic carbocycles. The van der Waals surface area contributed by atoms with E-state index in [1.165, 1.54) is 0 Å². The minimum Gasteiger partial charge on any atom is -0.328 e. The molecule has 1 atom stereocenters. The van der Waals surface area contributed by atoms with Crippen LogP contribution in [0.1, 0.15) is 40.8 Å². The number of rotatable bonds is 4. The molecule has 0 N–H and O–H groups in total. The topological polar surface area (TPSA) is 49.3 Å². The van der Waals surface area contributed by atoms with Crippen LogP contribution in [0.2, 0.25) is 0 Å². The SMILES string of the molecule is CN(C)Cc1ccnc(C2CCCN2C(=O)c2ccsc2)n1. The molecule has 116 valence electrons. The average molecular weight is 316 g/mol. The zero-order valence-corrected chi connectivity index (χ0v) is 13.7. The molecule has 1 saturated heterocycles. The lowest BCUT2D eigenvalue weighted by Gasteiger charge is -2.23. The lowest BCUT2D eigenvalue weighted by molar-refractivity contribution is 0.0730. The molecule has 0 radical (unpaired) electrons. The third kappa shape index (κ3) is 3.18. The third-order valence-corrected chi connectivity index (χ3v) is 4.47. The minimum absolute atomic E-state index is 0.00508. The van der Waals surface area contributed by atoms with Crippen LogP contribution >= 0.6 is 11.3 Å². The molecule has 6 heteroatoms. The highest BCUT2D eigenvalue weighted by molar-refractivity contribution is 7.08. The normalized spacial score (nSPS) is 18.1. The van der Waals surface area contributed by atoms with Crippen LogP contribution in [0.5, 0.6) is 0 Å². The smallest absolute Gasteiger partial charge is 0.255 e. The van der Waals surface area contributed by atoms with Crippen molar-refractivity contribution < 1.29 is 4.79 Å². The van der Waals surface area contributed by atoms with Crippen molar-refractivity contribution in [3.05, 3.63) is 46.2 Å². The molecule has 1 unspecified atom stereocenters. The summed E-state index contributed by atoms with van der Waals surface area (Å²) in [5, 5.41) is 3.84. The summed E-state index contributed by atoms with van der Waals surface area (Å²) < 4.78 is 0. The van der Waals surface area contributed by atoms with Crippen LogP contribution in [-0.4, -0.2) is 46.3 Å². The van der Waals surface area contributed by atoms with Gasteiger partial charge in [0.05, 0.1) is 17.3 Å². The monoisotopic (exact) mass is 316 g/mol. The number of aromatic nitrogens is 2. The van der Waals surface area contributed by atoms with Gasteiger partial charge in [-0.25, -0.2) is 9.97 Å². The fourth-order valence-corrected chi connectivity index (χ4v) is 3.45. The van der Waals surface area contributed by atoms with Gasteiger partial charge in [-0.15, -0.1) is 0 Å². The van der Waals surface area contributed by atoms with E-state index in [9.17, 15) is 4.79 Å². The molecule has 5 nitrogen and oxygen atoms in total. The standard InChI is InChI=1S/C16H20N4OS/c1-19(2)10-13-5-7-17-15(18-13)14-4-3-8-20(14)16(21)12-6-9-22-11-12/h5-7,9,11,14H,3-4,8,10H2,1-2H3. The van der Waals surface area contributed by atoms with Crippen molar-refractivity contribution in [3.8, 4) is 0 Å². The maximum absolute atomic E-state index is 12.6. The summed E-state index contributed by atoms with van der Waals surface area (Å²) >= 11 is 1.55. The first kappa shape index (κ1) is 15.1. The molecule has 2 aromatic rings. The van der Waals surface area contributed by atoms with Crippen LogP contribution in [0.15, 0.2) is 29.1 Å². The van der Waals surface area contributed by atoms with Crippen LogP contribution < -0.4 is 0 Å². The molecule has 0 bridgehead atoms. The van der Waals surface area contributed by atoms with Crippen molar-refractivity contribution >= 4 is 17.2 Å². The van der Waals surface area contributed by atoms with E-state index in [2.05, 4.69) is 14.9 Å². The molecule has 3 heterocycles. The van der Waals surface area contributed by atoms with Gasteiger partial charge in [0.15, 0.2) is 5.82 Å². The van der Waals surface area contributed by atoms with Crippen molar-refractivity contribution in [2.75, 3.05) is 20.6 Å². The lowest BCUT2D eigenvalue weighted by atomic mass is 10.2. The van der Waals surface area contributed by atoms with E-state index in [1.54, 1.807) is 17.5 Å². The molecule has 3 rings (SSSR count). The van der Waals surface area contributed by atoms with Crippen molar-refractivity contribution in [2.45, 2.75) is 25.4 Å². The predicted octanol–water partition coefficient (Wildman–Crippen LogP) is 2.58. The maximum Gasteiger partial charge on any atom is 0.255 e. The predicted molar refractivity (Wildman–Crippen MR) is 86.8 cm³/mol. The van der Waals surface area contributed by atoms with Crippen LogP contribution in [0.25, 0.3) is 0 Å². The molecule has 0 saturated carbocycles. The summed E-state index contributed by atoms with van der Waals surface area (Å²) in [6.07, 6.45) is 3.73. The zero-order valence-electron chi connectivity index (χ0n) is 12.9. The van der Waals surface area contributed by atoms with Crippen molar-refractivity contribution in [1.82, 2.24) is 19.8 Å². The Balaban J connectivity index is 1.82. The Bertz CT molecular complexity index is 641. The Morgan fingerprint density at radius 1 is 1.45 bits per heavy atom. The van der Waals surface area contributed by atoms with E-state index < -0.39 is 0 Å². The van der Waals surface area contributed by atoms with Crippen LogP contribution in [0, 0.1) is 0 Å². The summed E-state index contributed by atoms with van der Waals surface area (Å²) in [6.45, 7) is 1.56. The van der Waals surface area contributed by atoms with Gasteiger partial charge in [0.1, 0.15) is 0 Å². The van der Waals surface area contributed by atoms with Crippen LogP contribution in [0.4, 0.5) is 0 Å². The van der Waals surface area contributed by atoms with Gasteiger partial charge in [-0.1, -0.05) is 0 Å². The van der Waals surface area contributed by atoms with Crippen LogP contribution in [0.3, 0.4) is 0 Å². The summed E-state index contributed by atoms with van der Waals surface area (Å²) in [5.41, 5.74) is 1.76. The lowest BCUT2D eigenvalue weighted by Crippen LogP contribution is -2.31. The van der Waals surface area contributed by atoms with Crippen molar-refractivity contribution in [1.29, 1.82) is 0 Å². The van der Waals surface area contributed by atoms with E-state index in [4.69, 9.17) is 0 Å². The highest BCUT2D eigenvalue weighted by Crippen LogP contribution is 2.31. The Morgan fingerprint density at radius 3 is 3.05 bits per heavy atom. The maximum atomic E-state index is 12.6. The second-order valence-electron chi connectivity index (χ2n) is 5.81. The van der Waals surface area contributed by atoms with Gasteiger partial charge in [0.2, 0.25) is 0 Å². The van der Waals surface area contributed by atoms with Gasteiger partial charge in [-0.05, 0) is 44.4 Å². The van der Waals surface area contributed by atoms with Crippen LogP contribution in [-0.2, 0) is 6.54 Å². The summed E-state index contributed by atoms with van der Waals surface area (Å²) in [5.74, 6) is 0.853. The molecule has 1 aliphatic rings. The van der Waals surface area contributed by atoms with E-state index >= 15 is 0 Å². The molecule has 2 aromatic heterocycles. The van der Waals surface area contributed by atoms with Gasteiger partial charge in [0, 0.05) is 24.7 Å². The molecular formula is C16H20N4OS. The summed E-state index contributed by atoms with van der Waals surface area (Å²) in [7, 11) is 4.04. The number of hydrogen-bond acceptors (Lipinski definition) is 5. The number of carbonyl (C=O) groups is 1. The second-order valence-corrected chi connectivity index (χ2v) is 6.59. The van der Waals surface area contributed by atoms with Crippen molar-refractivity contribution in [3.63, 3.8) is 0 Å². The first-order valence-corrected chi connectivity index (χ1v) is 8.39. The Hall–Kier alpha value is -1.79. The van der Waals surface area contributed by atoms with E-state index in [1.807, 2.05) is 41.9 Å². The molecular weight excluding hydrogens is 296 g/mol.